The minimum absolute atomic E-state index is 0.0652. The third kappa shape index (κ3) is 43.4. The van der Waals surface area contributed by atoms with Crippen LogP contribution < -0.4 is 0 Å². The van der Waals surface area contributed by atoms with Gasteiger partial charge in [0.25, 0.3) is 0 Å². The van der Waals surface area contributed by atoms with Crippen LogP contribution in [-0.2, 0) is 28.6 Å². The van der Waals surface area contributed by atoms with Crippen molar-refractivity contribution in [3.8, 4) is 0 Å². The summed E-state index contributed by atoms with van der Waals surface area (Å²) in [5.41, 5.74) is 0. The molecule has 0 aromatic rings. The molecule has 0 saturated carbocycles. The van der Waals surface area contributed by atoms with E-state index >= 15 is 0 Å². The highest BCUT2D eigenvalue weighted by atomic mass is 16.6. The highest BCUT2D eigenvalue weighted by molar-refractivity contribution is 5.71. The summed E-state index contributed by atoms with van der Waals surface area (Å²) in [6.45, 7) is 11.3. The van der Waals surface area contributed by atoms with Crippen molar-refractivity contribution < 1.29 is 28.6 Å². The first kappa shape index (κ1) is 53.4. The summed E-state index contributed by atoms with van der Waals surface area (Å²) >= 11 is 0. The first-order valence-electron chi connectivity index (χ1n) is 24.2. The molecule has 0 saturated heterocycles. The number of unbranched alkanes of at least 4 members (excludes halogenated alkanes) is 28. The molecule has 0 rings (SSSR count). The first-order valence-corrected chi connectivity index (χ1v) is 24.2. The van der Waals surface area contributed by atoms with Crippen LogP contribution in [0.25, 0.3) is 0 Å². The lowest BCUT2D eigenvalue weighted by Gasteiger charge is -2.18. The van der Waals surface area contributed by atoms with E-state index in [-0.39, 0.29) is 31.1 Å². The van der Waals surface area contributed by atoms with E-state index in [0.717, 1.165) is 69.6 Å². The molecule has 0 N–H and O–H groups in total. The molecule has 55 heavy (non-hydrogen) atoms. The van der Waals surface area contributed by atoms with Gasteiger partial charge in [-0.15, -0.1) is 0 Å². The van der Waals surface area contributed by atoms with Crippen molar-refractivity contribution in [2.45, 2.75) is 272 Å². The van der Waals surface area contributed by atoms with Gasteiger partial charge in [0.15, 0.2) is 6.10 Å². The Bertz CT molecular complexity index is 839. The lowest BCUT2D eigenvalue weighted by molar-refractivity contribution is -0.167. The van der Waals surface area contributed by atoms with Crippen molar-refractivity contribution in [2.75, 3.05) is 13.2 Å². The Balaban J connectivity index is 4.30. The maximum Gasteiger partial charge on any atom is 0.306 e. The maximum atomic E-state index is 12.7. The molecule has 1 atom stereocenters. The largest absolute Gasteiger partial charge is 0.462 e. The zero-order valence-corrected chi connectivity index (χ0v) is 37.6. The van der Waals surface area contributed by atoms with Crippen molar-refractivity contribution in [3.05, 3.63) is 0 Å². The minimum atomic E-state index is -0.761. The standard InChI is InChI=1S/C49H94O6/c1-6-7-8-9-10-11-12-13-14-15-16-21-24-31-36-41-49(52)55-46(43-54-48(51)40-35-30-26-25-28-33-38-45(4)5)42-53-47(50)39-34-29-23-20-18-17-19-22-27-32-37-44(2)3/h44-46H,6-43H2,1-5H3/t46-/m0/s1. The molecule has 0 aliphatic rings. The van der Waals surface area contributed by atoms with E-state index < -0.39 is 6.10 Å². The van der Waals surface area contributed by atoms with Crippen LogP contribution in [0, 0.1) is 11.8 Å². The zero-order valence-electron chi connectivity index (χ0n) is 37.6. The lowest BCUT2D eigenvalue weighted by Crippen LogP contribution is -2.30. The Morgan fingerprint density at radius 1 is 0.345 bits per heavy atom. The van der Waals surface area contributed by atoms with Crippen LogP contribution in [0.4, 0.5) is 0 Å². The van der Waals surface area contributed by atoms with Gasteiger partial charge in [-0.3, -0.25) is 14.4 Å². The predicted molar refractivity (Wildman–Crippen MR) is 233 cm³/mol. The third-order valence-electron chi connectivity index (χ3n) is 11.0. The Labute approximate surface area is 342 Å². The van der Waals surface area contributed by atoms with Crippen LogP contribution in [-0.4, -0.2) is 37.2 Å². The van der Waals surface area contributed by atoms with E-state index in [9.17, 15) is 14.4 Å². The zero-order chi connectivity index (χ0) is 40.5. The van der Waals surface area contributed by atoms with Crippen molar-refractivity contribution in [3.63, 3.8) is 0 Å². The molecule has 0 spiro atoms. The molecule has 0 aliphatic heterocycles. The van der Waals surface area contributed by atoms with Gasteiger partial charge in [-0.05, 0) is 31.1 Å². The normalized spacial score (nSPS) is 12.1. The summed E-state index contributed by atoms with van der Waals surface area (Å²) in [5, 5.41) is 0. The van der Waals surface area contributed by atoms with Crippen LogP contribution in [0.2, 0.25) is 0 Å². The van der Waals surface area contributed by atoms with E-state index in [1.165, 1.54) is 154 Å². The third-order valence-corrected chi connectivity index (χ3v) is 11.0. The molecule has 326 valence electrons. The van der Waals surface area contributed by atoms with Gasteiger partial charge in [0, 0.05) is 19.3 Å². The van der Waals surface area contributed by atoms with E-state index in [2.05, 4.69) is 34.6 Å². The quantitative estimate of drug-likeness (QED) is 0.0348. The van der Waals surface area contributed by atoms with Crippen molar-refractivity contribution in [1.82, 2.24) is 0 Å². The molecule has 0 bridgehead atoms. The van der Waals surface area contributed by atoms with E-state index in [4.69, 9.17) is 14.2 Å². The smallest absolute Gasteiger partial charge is 0.306 e. The molecule has 0 amide bonds. The summed E-state index contributed by atoms with van der Waals surface area (Å²) in [6, 6.07) is 0. The molecule has 0 aromatic heterocycles. The Morgan fingerprint density at radius 3 is 0.891 bits per heavy atom. The first-order chi connectivity index (χ1) is 26.7. The molecule has 0 aromatic carbocycles. The van der Waals surface area contributed by atoms with Crippen LogP contribution in [0.3, 0.4) is 0 Å². The second-order valence-electron chi connectivity index (χ2n) is 17.7. The summed E-state index contributed by atoms with van der Waals surface area (Å²) in [7, 11) is 0. The highest BCUT2D eigenvalue weighted by Gasteiger charge is 2.19. The summed E-state index contributed by atoms with van der Waals surface area (Å²) in [6.07, 6.45) is 41.0. The Morgan fingerprint density at radius 2 is 0.600 bits per heavy atom. The Hall–Kier alpha value is -1.59. The van der Waals surface area contributed by atoms with E-state index in [1.807, 2.05) is 0 Å². The van der Waals surface area contributed by atoms with Crippen molar-refractivity contribution in [2.24, 2.45) is 11.8 Å². The minimum Gasteiger partial charge on any atom is -0.462 e. The number of rotatable bonds is 43. The molecule has 0 aliphatic carbocycles. The molecule has 6 nitrogen and oxygen atoms in total. The predicted octanol–water partition coefficient (Wildman–Crippen LogP) is 15.4. The molecule has 0 heterocycles. The SMILES string of the molecule is CCCCCCCCCCCCCCCCCC(=O)O[C@@H](COC(=O)CCCCCCCCCCCCC(C)C)COC(=O)CCCCCCCCC(C)C. The van der Waals surface area contributed by atoms with Gasteiger partial charge in [0.2, 0.25) is 0 Å². The highest BCUT2D eigenvalue weighted by Crippen LogP contribution is 2.17. The topological polar surface area (TPSA) is 78.9 Å². The van der Waals surface area contributed by atoms with Crippen LogP contribution in [0.15, 0.2) is 0 Å². The molecular weight excluding hydrogens is 685 g/mol. The van der Waals surface area contributed by atoms with Crippen LogP contribution in [0.1, 0.15) is 266 Å². The number of carbonyl (C=O) groups excluding carboxylic acids is 3. The van der Waals surface area contributed by atoms with Gasteiger partial charge in [0.05, 0.1) is 0 Å². The number of carbonyl (C=O) groups is 3. The maximum absolute atomic E-state index is 12.7. The molecule has 0 unspecified atom stereocenters. The average molecular weight is 779 g/mol. The fourth-order valence-corrected chi connectivity index (χ4v) is 7.28. The van der Waals surface area contributed by atoms with Gasteiger partial charge in [-0.25, -0.2) is 0 Å². The molecule has 6 heteroatoms. The summed E-state index contributed by atoms with van der Waals surface area (Å²) in [5.74, 6) is 0.724. The molecular formula is C49H94O6. The van der Waals surface area contributed by atoms with Crippen LogP contribution >= 0.6 is 0 Å². The van der Waals surface area contributed by atoms with Crippen molar-refractivity contribution >= 4 is 17.9 Å². The summed E-state index contributed by atoms with van der Waals surface area (Å²) in [4.78, 5) is 37.8. The second kappa shape index (κ2) is 42.0. The summed E-state index contributed by atoms with van der Waals surface area (Å²) < 4.78 is 16.7. The van der Waals surface area contributed by atoms with E-state index in [0.29, 0.717) is 19.3 Å². The number of esters is 3. The lowest BCUT2D eigenvalue weighted by atomic mass is 10.0. The van der Waals surface area contributed by atoms with Gasteiger partial charge < -0.3 is 14.2 Å². The molecule has 0 fully saturated rings. The number of hydrogen-bond acceptors (Lipinski definition) is 6. The second-order valence-corrected chi connectivity index (χ2v) is 17.7. The van der Waals surface area contributed by atoms with Crippen LogP contribution in [0.5, 0.6) is 0 Å². The fourth-order valence-electron chi connectivity index (χ4n) is 7.28. The van der Waals surface area contributed by atoms with Gasteiger partial charge in [-0.1, -0.05) is 227 Å². The molecule has 0 radical (unpaired) electrons. The van der Waals surface area contributed by atoms with Gasteiger partial charge in [0.1, 0.15) is 13.2 Å². The van der Waals surface area contributed by atoms with Gasteiger partial charge >= 0.3 is 17.9 Å². The number of hydrogen-bond donors (Lipinski definition) is 0. The van der Waals surface area contributed by atoms with Crippen molar-refractivity contribution in [1.29, 1.82) is 0 Å². The monoisotopic (exact) mass is 779 g/mol. The van der Waals surface area contributed by atoms with E-state index in [1.54, 1.807) is 0 Å². The number of ether oxygens (including phenoxy) is 3. The fraction of sp³-hybridized carbons (Fsp3) is 0.939. The van der Waals surface area contributed by atoms with Gasteiger partial charge in [-0.2, -0.15) is 0 Å². The Kier molecular flexibility index (Phi) is 40.8. The average Bonchev–Trinajstić information content (AvgIpc) is 3.15.